The lowest BCUT2D eigenvalue weighted by molar-refractivity contribution is 0.270. The van der Waals surface area contributed by atoms with Crippen LogP contribution in [0.3, 0.4) is 0 Å². The molecule has 18 heavy (non-hydrogen) atoms. The average Bonchev–Trinajstić information content (AvgIpc) is 3.09. The first-order valence-corrected chi connectivity index (χ1v) is 6.25. The number of aromatic nitrogens is 5. The van der Waals surface area contributed by atoms with Crippen LogP contribution in [0.1, 0.15) is 37.5 Å². The Hall–Kier alpha value is -1.76. The third-order valence-electron chi connectivity index (χ3n) is 3.54. The highest BCUT2D eigenvalue weighted by molar-refractivity contribution is 5.44. The normalized spacial score (nSPS) is 24.3. The maximum atomic E-state index is 5.38. The molecule has 96 valence electrons. The first-order chi connectivity index (χ1) is 8.88. The van der Waals surface area contributed by atoms with Crippen LogP contribution in [0.15, 0.2) is 10.7 Å². The van der Waals surface area contributed by atoms with Crippen molar-refractivity contribution < 1.29 is 4.52 Å². The molecular formula is C11H16N6O. The third kappa shape index (κ3) is 2.01. The molecule has 0 amide bonds. The summed E-state index contributed by atoms with van der Waals surface area (Å²) < 4.78 is 5.38. The number of aromatic amines is 1. The lowest BCUT2D eigenvalue weighted by Crippen LogP contribution is -2.34. The Morgan fingerprint density at radius 1 is 1.39 bits per heavy atom. The van der Waals surface area contributed by atoms with Crippen molar-refractivity contribution in [2.75, 3.05) is 7.05 Å². The summed E-state index contributed by atoms with van der Waals surface area (Å²) in [7, 11) is 1.98. The van der Waals surface area contributed by atoms with Gasteiger partial charge in [-0.15, -0.1) is 0 Å². The van der Waals surface area contributed by atoms with E-state index >= 15 is 0 Å². The molecule has 1 fully saturated rings. The van der Waals surface area contributed by atoms with Gasteiger partial charge in [-0.2, -0.15) is 20.4 Å². The monoisotopic (exact) mass is 248 g/mol. The van der Waals surface area contributed by atoms with Gasteiger partial charge >= 0.3 is 0 Å². The van der Waals surface area contributed by atoms with Gasteiger partial charge in [0, 0.05) is 6.04 Å². The van der Waals surface area contributed by atoms with Crippen molar-refractivity contribution in [1.82, 2.24) is 30.9 Å². The predicted octanol–water partition coefficient (Wildman–Crippen LogP) is 1.10. The van der Waals surface area contributed by atoms with E-state index in [1.807, 2.05) is 7.05 Å². The Morgan fingerprint density at radius 3 is 3.06 bits per heavy atom. The van der Waals surface area contributed by atoms with E-state index in [1.165, 1.54) is 12.8 Å². The second-order valence-electron chi connectivity index (χ2n) is 4.60. The van der Waals surface area contributed by atoms with Crippen molar-refractivity contribution in [3.8, 4) is 11.5 Å². The zero-order valence-electron chi connectivity index (χ0n) is 10.3. The van der Waals surface area contributed by atoms with Crippen molar-refractivity contribution in [2.24, 2.45) is 0 Å². The van der Waals surface area contributed by atoms with E-state index < -0.39 is 0 Å². The van der Waals surface area contributed by atoms with Crippen molar-refractivity contribution in [3.05, 3.63) is 12.1 Å². The van der Waals surface area contributed by atoms with Gasteiger partial charge < -0.3 is 9.84 Å². The second kappa shape index (κ2) is 4.85. The molecule has 7 nitrogen and oxygen atoms in total. The molecule has 1 saturated carbocycles. The largest absolute Gasteiger partial charge is 0.339 e. The van der Waals surface area contributed by atoms with Crippen LogP contribution in [0, 0.1) is 0 Å². The quantitative estimate of drug-likeness (QED) is 0.845. The molecule has 2 N–H and O–H groups in total. The summed E-state index contributed by atoms with van der Waals surface area (Å²) in [6, 6.07) is 0.421. The van der Waals surface area contributed by atoms with Gasteiger partial charge in [0.15, 0.2) is 5.69 Å². The van der Waals surface area contributed by atoms with Crippen molar-refractivity contribution in [1.29, 1.82) is 0 Å². The number of nitrogens with one attached hydrogen (secondary N) is 2. The SMILES string of the molecule is CNC1CCCCC1c1nc(-c2cn[nH]n2)no1. The van der Waals surface area contributed by atoms with Gasteiger partial charge in [0.05, 0.1) is 12.1 Å². The minimum absolute atomic E-state index is 0.303. The van der Waals surface area contributed by atoms with E-state index in [9.17, 15) is 0 Å². The molecule has 2 atom stereocenters. The van der Waals surface area contributed by atoms with Crippen molar-refractivity contribution in [2.45, 2.75) is 37.6 Å². The molecule has 0 radical (unpaired) electrons. The molecule has 0 bridgehead atoms. The lowest BCUT2D eigenvalue weighted by atomic mass is 9.84. The first-order valence-electron chi connectivity index (χ1n) is 6.25. The lowest BCUT2D eigenvalue weighted by Gasteiger charge is -2.28. The minimum atomic E-state index is 0.303. The Balaban J connectivity index is 1.84. The van der Waals surface area contributed by atoms with Crippen LogP contribution in [0.4, 0.5) is 0 Å². The Labute approximate surface area is 104 Å². The summed E-state index contributed by atoms with van der Waals surface area (Å²) in [6.45, 7) is 0. The highest BCUT2D eigenvalue weighted by Gasteiger charge is 2.30. The highest BCUT2D eigenvalue weighted by Crippen LogP contribution is 2.32. The molecular weight excluding hydrogens is 232 g/mol. The van der Waals surface area contributed by atoms with E-state index in [0.717, 1.165) is 12.8 Å². The number of hydrogen-bond acceptors (Lipinski definition) is 6. The van der Waals surface area contributed by atoms with Gasteiger partial charge in [0.1, 0.15) is 0 Å². The predicted molar refractivity (Wildman–Crippen MR) is 63.7 cm³/mol. The summed E-state index contributed by atoms with van der Waals surface area (Å²) in [4.78, 5) is 4.43. The van der Waals surface area contributed by atoms with Gasteiger partial charge in [0.25, 0.3) is 0 Å². The Morgan fingerprint density at radius 2 is 2.28 bits per heavy atom. The van der Waals surface area contributed by atoms with Gasteiger partial charge in [-0.25, -0.2) is 0 Å². The Kier molecular flexibility index (Phi) is 3.06. The number of likely N-dealkylation sites (N-methyl/N-ethyl adjacent to an activating group) is 1. The first kappa shape index (κ1) is 11.3. The van der Waals surface area contributed by atoms with Crippen molar-refractivity contribution >= 4 is 0 Å². The maximum absolute atomic E-state index is 5.38. The fourth-order valence-corrected chi connectivity index (χ4v) is 2.57. The number of hydrogen-bond donors (Lipinski definition) is 2. The molecule has 0 aliphatic heterocycles. The van der Waals surface area contributed by atoms with E-state index in [-0.39, 0.29) is 0 Å². The number of H-pyrrole nitrogens is 1. The van der Waals surface area contributed by atoms with E-state index in [2.05, 4.69) is 30.9 Å². The topological polar surface area (TPSA) is 92.5 Å². The zero-order chi connectivity index (χ0) is 12.4. The summed E-state index contributed by atoms with van der Waals surface area (Å²) in [5.41, 5.74) is 0.613. The highest BCUT2D eigenvalue weighted by atomic mass is 16.5. The van der Waals surface area contributed by atoms with Crippen LogP contribution in [0.2, 0.25) is 0 Å². The zero-order valence-corrected chi connectivity index (χ0v) is 10.3. The van der Waals surface area contributed by atoms with Gasteiger partial charge in [-0.3, -0.25) is 0 Å². The molecule has 1 aliphatic carbocycles. The smallest absolute Gasteiger partial charge is 0.231 e. The fraction of sp³-hybridized carbons (Fsp3) is 0.636. The molecule has 2 heterocycles. The summed E-state index contributed by atoms with van der Waals surface area (Å²) in [5.74, 6) is 1.50. The summed E-state index contributed by atoms with van der Waals surface area (Å²) in [6.07, 6.45) is 6.30. The summed E-state index contributed by atoms with van der Waals surface area (Å²) >= 11 is 0. The van der Waals surface area contributed by atoms with Crippen LogP contribution in [-0.2, 0) is 0 Å². The van der Waals surface area contributed by atoms with Crippen LogP contribution >= 0.6 is 0 Å². The van der Waals surface area contributed by atoms with Gasteiger partial charge in [0.2, 0.25) is 11.7 Å². The molecule has 1 aliphatic rings. The maximum Gasteiger partial charge on any atom is 0.231 e. The van der Waals surface area contributed by atoms with E-state index in [4.69, 9.17) is 4.52 Å². The van der Waals surface area contributed by atoms with Crippen LogP contribution < -0.4 is 5.32 Å². The van der Waals surface area contributed by atoms with Crippen LogP contribution in [-0.4, -0.2) is 38.6 Å². The standard InChI is InChI=1S/C11H16N6O/c1-12-8-5-3-2-4-7(8)11-14-10(16-18-11)9-6-13-17-15-9/h6-8,12H,2-5H2,1H3,(H,13,15,17). The van der Waals surface area contributed by atoms with E-state index in [1.54, 1.807) is 6.20 Å². The molecule has 7 heteroatoms. The molecule has 2 unspecified atom stereocenters. The molecule has 0 saturated heterocycles. The van der Waals surface area contributed by atoms with Gasteiger partial charge in [-0.05, 0) is 19.9 Å². The number of nitrogens with zero attached hydrogens (tertiary/aromatic N) is 4. The Bertz CT molecular complexity index is 493. The van der Waals surface area contributed by atoms with Crippen LogP contribution in [0.25, 0.3) is 11.5 Å². The summed E-state index contributed by atoms with van der Waals surface area (Å²) in [5, 5.41) is 17.5. The molecule has 2 aromatic heterocycles. The molecule has 2 aromatic rings. The third-order valence-corrected chi connectivity index (χ3v) is 3.54. The minimum Gasteiger partial charge on any atom is -0.339 e. The number of rotatable bonds is 3. The fourth-order valence-electron chi connectivity index (χ4n) is 2.57. The van der Waals surface area contributed by atoms with Crippen molar-refractivity contribution in [3.63, 3.8) is 0 Å². The van der Waals surface area contributed by atoms with Crippen LogP contribution in [0.5, 0.6) is 0 Å². The second-order valence-corrected chi connectivity index (χ2v) is 4.60. The van der Waals surface area contributed by atoms with Gasteiger partial charge in [-0.1, -0.05) is 18.0 Å². The molecule has 3 rings (SSSR count). The molecule has 0 aromatic carbocycles. The van der Waals surface area contributed by atoms with E-state index in [0.29, 0.717) is 29.4 Å². The average molecular weight is 248 g/mol. The molecule has 0 spiro atoms.